The van der Waals surface area contributed by atoms with E-state index in [1.165, 1.54) is 5.56 Å². The van der Waals surface area contributed by atoms with Gasteiger partial charge in [0.1, 0.15) is 0 Å². The summed E-state index contributed by atoms with van der Waals surface area (Å²) in [6.07, 6.45) is 1.63. The smallest absolute Gasteiger partial charge is 0.404 e. The lowest BCUT2D eigenvalue weighted by Crippen LogP contribution is -2.23. The second-order valence-corrected chi connectivity index (χ2v) is 5.59. The molecule has 1 aromatic heterocycles. The van der Waals surface area contributed by atoms with Gasteiger partial charge in [0.2, 0.25) is 0 Å². The Kier molecular flexibility index (Phi) is 4.48. The van der Waals surface area contributed by atoms with Crippen LogP contribution in [0.1, 0.15) is 16.7 Å². The summed E-state index contributed by atoms with van der Waals surface area (Å²) < 4.78 is 2.11. The Hall–Kier alpha value is -3.26. The number of fused-ring (bicyclic) bond motifs is 1. The predicted octanol–water partition coefficient (Wildman–Crippen LogP) is 3.37. The van der Waals surface area contributed by atoms with Crippen LogP contribution in [0, 0.1) is 11.3 Å². The molecule has 3 aromatic rings. The number of nitrogens with one attached hydrogen (secondary N) is 1. The third-order valence-electron chi connectivity index (χ3n) is 3.96. The quantitative estimate of drug-likeness (QED) is 0.757. The molecule has 0 unspecified atom stereocenters. The van der Waals surface area contributed by atoms with Gasteiger partial charge < -0.3 is 15.0 Å². The van der Waals surface area contributed by atoms with Gasteiger partial charge in [0, 0.05) is 30.2 Å². The van der Waals surface area contributed by atoms with E-state index >= 15 is 0 Å². The van der Waals surface area contributed by atoms with Gasteiger partial charge in [-0.3, -0.25) is 0 Å². The van der Waals surface area contributed by atoms with Crippen molar-refractivity contribution in [3.8, 4) is 6.07 Å². The predicted molar refractivity (Wildman–Crippen MR) is 91.9 cm³/mol. The van der Waals surface area contributed by atoms with E-state index in [-0.39, 0.29) is 0 Å². The van der Waals surface area contributed by atoms with Gasteiger partial charge in [-0.25, -0.2) is 4.79 Å². The average Bonchev–Trinajstić information content (AvgIpc) is 2.92. The number of hydrogen-bond acceptors (Lipinski definition) is 2. The summed E-state index contributed by atoms with van der Waals surface area (Å²) >= 11 is 0. The minimum Gasteiger partial charge on any atom is -0.465 e. The van der Waals surface area contributed by atoms with Gasteiger partial charge in [-0.1, -0.05) is 36.4 Å². The zero-order valence-electron chi connectivity index (χ0n) is 13.1. The van der Waals surface area contributed by atoms with E-state index in [0.717, 1.165) is 16.5 Å². The molecule has 5 nitrogen and oxygen atoms in total. The van der Waals surface area contributed by atoms with E-state index in [0.29, 0.717) is 25.1 Å². The van der Waals surface area contributed by atoms with E-state index in [1.807, 2.05) is 36.5 Å². The summed E-state index contributed by atoms with van der Waals surface area (Å²) in [5, 5.41) is 21.3. The molecule has 0 fully saturated rings. The van der Waals surface area contributed by atoms with Crippen LogP contribution in [0.25, 0.3) is 10.9 Å². The van der Waals surface area contributed by atoms with Gasteiger partial charge in [-0.05, 0) is 29.7 Å². The van der Waals surface area contributed by atoms with Crippen molar-refractivity contribution in [2.75, 3.05) is 6.54 Å². The summed E-state index contributed by atoms with van der Waals surface area (Å²) in [4.78, 5) is 10.6. The Morgan fingerprint density at radius 1 is 1.21 bits per heavy atom. The molecule has 2 aromatic carbocycles. The molecule has 2 N–H and O–H groups in total. The molecule has 0 aliphatic carbocycles. The summed E-state index contributed by atoms with van der Waals surface area (Å²) in [5.41, 5.74) is 3.85. The largest absolute Gasteiger partial charge is 0.465 e. The molecule has 1 amide bonds. The number of carboxylic acid groups (broad SMARTS) is 1. The maximum atomic E-state index is 10.6. The lowest BCUT2D eigenvalue weighted by atomic mass is 10.1. The standard InChI is InChI=1S/C19H17N3O2/c20-11-15-6-7-17-16(8-9-21-19(23)24)13-22(18(17)10-15)12-14-4-2-1-3-5-14/h1-7,10,13,21H,8-9,12H2,(H,23,24). The molecule has 0 atom stereocenters. The highest BCUT2D eigenvalue weighted by molar-refractivity contribution is 5.85. The van der Waals surface area contributed by atoms with E-state index in [9.17, 15) is 4.79 Å². The molecule has 0 aliphatic heterocycles. The molecule has 120 valence electrons. The van der Waals surface area contributed by atoms with Crippen molar-refractivity contribution in [1.29, 1.82) is 5.26 Å². The van der Waals surface area contributed by atoms with Crippen LogP contribution in [-0.2, 0) is 13.0 Å². The molecule has 0 spiro atoms. The maximum absolute atomic E-state index is 10.6. The number of benzene rings is 2. The van der Waals surface area contributed by atoms with Crippen LogP contribution in [0.15, 0.2) is 54.7 Å². The lowest BCUT2D eigenvalue weighted by molar-refractivity contribution is 0.194. The number of amides is 1. The highest BCUT2D eigenvalue weighted by Gasteiger charge is 2.10. The van der Waals surface area contributed by atoms with Gasteiger partial charge >= 0.3 is 6.09 Å². The Bertz CT molecular complexity index is 908. The van der Waals surface area contributed by atoms with E-state index in [2.05, 4.69) is 28.1 Å². The molecule has 0 saturated carbocycles. The van der Waals surface area contributed by atoms with Crippen LogP contribution >= 0.6 is 0 Å². The highest BCUT2D eigenvalue weighted by atomic mass is 16.4. The van der Waals surface area contributed by atoms with Gasteiger partial charge in [0.15, 0.2) is 0 Å². The molecule has 0 bridgehead atoms. The number of aromatic nitrogens is 1. The SMILES string of the molecule is N#Cc1ccc2c(CCNC(=O)O)cn(Cc3ccccc3)c2c1. The summed E-state index contributed by atoms with van der Waals surface area (Å²) in [7, 11) is 0. The molecule has 0 aliphatic rings. The molecular weight excluding hydrogens is 302 g/mol. The number of hydrogen-bond donors (Lipinski definition) is 2. The van der Waals surface area contributed by atoms with Crippen LogP contribution in [0.4, 0.5) is 4.79 Å². The van der Waals surface area contributed by atoms with Crippen molar-refractivity contribution >= 4 is 17.0 Å². The molecule has 3 rings (SSSR count). The summed E-state index contributed by atoms with van der Waals surface area (Å²) in [6, 6.07) is 17.9. The average molecular weight is 319 g/mol. The fraction of sp³-hybridized carbons (Fsp3) is 0.158. The van der Waals surface area contributed by atoms with Crippen molar-refractivity contribution in [3.05, 3.63) is 71.4 Å². The molecule has 5 heteroatoms. The summed E-state index contributed by atoms with van der Waals surface area (Å²) in [5.74, 6) is 0. The highest BCUT2D eigenvalue weighted by Crippen LogP contribution is 2.24. The monoisotopic (exact) mass is 319 g/mol. The fourth-order valence-corrected chi connectivity index (χ4v) is 2.85. The lowest BCUT2D eigenvalue weighted by Gasteiger charge is -2.05. The Labute approximate surface area is 139 Å². The zero-order chi connectivity index (χ0) is 16.9. The van der Waals surface area contributed by atoms with E-state index in [4.69, 9.17) is 10.4 Å². The van der Waals surface area contributed by atoms with Gasteiger partial charge in [0.25, 0.3) is 0 Å². The zero-order valence-corrected chi connectivity index (χ0v) is 13.1. The van der Waals surface area contributed by atoms with Crippen LogP contribution in [-0.4, -0.2) is 22.3 Å². The second kappa shape index (κ2) is 6.88. The first kappa shape index (κ1) is 15.6. The van der Waals surface area contributed by atoms with Crippen LogP contribution in [0.3, 0.4) is 0 Å². The third kappa shape index (κ3) is 3.39. The van der Waals surface area contributed by atoms with Gasteiger partial charge in [-0.2, -0.15) is 5.26 Å². The molecule has 1 heterocycles. The normalized spacial score (nSPS) is 10.5. The first-order valence-electron chi connectivity index (χ1n) is 7.70. The van der Waals surface area contributed by atoms with Crippen molar-refractivity contribution in [2.24, 2.45) is 0 Å². The van der Waals surface area contributed by atoms with E-state index < -0.39 is 6.09 Å². The maximum Gasteiger partial charge on any atom is 0.404 e. The molecule has 0 radical (unpaired) electrons. The van der Waals surface area contributed by atoms with Crippen molar-refractivity contribution in [2.45, 2.75) is 13.0 Å². The Morgan fingerprint density at radius 3 is 2.71 bits per heavy atom. The first-order valence-corrected chi connectivity index (χ1v) is 7.70. The summed E-state index contributed by atoms with van der Waals surface area (Å²) in [6.45, 7) is 1.07. The van der Waals surface area contributed by atoms with Gasteiger partial charge in [0.05, 0.1) is 11.6 Å². The van der Waals surface area contributed by atoms with Crippen molar-refractivity contribution in [3.63, 3.8) is 0 Å². The van der Waals surface area contributed by atoms with Gasteiger partial charge in [-0.15, -0.1) is 0 Å². The second-order valence-electron chi connectivity index (χ2n) is 5.59. The topological polar surface area (TPSA) is 78.1 Å². The number of carbonyl (C=O) groups is 1. The van der Waals surface area contributed by atoms with Crippen LogP contribution in [0.2, 0.25) is 0 Å². The number of nitriles is 1. The third-order valence-corrected chi connectivity index (χ3v) is 3.96. The first-order chi connectivity index (χ1) is 11.7. The number of rotatable bonds is 5. The van der Waals surface area contributed by atoms with Crippen molar-refractivity contribution in [1.82, 2.24) is 9.88 Å². The Morgan fingerprint density at radius 2 is 2.00 bits per heavy atom. The molecular formula is C19H17N3O2. The minimum absolute atomic E-state index is 0.361. The number of nitrogens with zero attached hydrogens (tertiary/aromatic N) is 2. The fourth-order valence-electron chi connectivity index (χ4n) is 2.85. The molecule has 24 heavy (non-hydrogen) atoms. The minimum atomic E-state index is -1.02. The van der Waals surface area contributed by atoms with Crippen LogP contribution < -0.4 is 5.32 Å². The van der Waals surface area contributed by atoms with Crippen LogP contribution in [0.5, 0.6) is 0 Å². The Balaban J connectivity index is 1.97. The van der Waals surface area contributed by atoms with Crippen molar-refractivity contribution < 1.29 is 9.90 Å². The van der Waals surface area contributed by atoms with E-state index in [1.54, 1.807) is 6.07 Å². The molecule has 0 saturated heterocycles.